The number of nitrogens with zero attached hydrogens (tertiary/aromatic N) is 2. The third kappa shape index (κ3) is 3.83. The van der Waals surface area contributed by atoms with Crippen molar-refractivity contribution in [2.24, 2.45) is 0 Å². The van der Waals surface area contributed by atoms with Gasteiger partial charge in [0.2, 0.25) is 0 Å². The standard InChI is InChI=1S/C14H17ClN4/c1-3-6-17-13-8-16-9-14(19-13)18-12-5-4-10(2)7-11(12)15/h4-5,7-9H,3,6H2,1-2H3,(H2,17,18,19). The van der Waals surface area contributed by atoms with E-state index in [-0.39, 0.29) is 0 Å². The molecule has 2 aromatic rings. The van der Waals surface area contributed by atoms with Crippen LogP contribution in [-0.4, -0.2) is 16.5 Å². The molecule has 1 aromatic carbocycles. The molecule has 4 nitrogen and oxygen atoms in total. The first-order valence-corrected chi connectivity index (χ1v) is 6.66. The largest absolute Gasteiger partial charge is 0.369 e. The molecule has 19 heavy (non-hydrogen) atoms. The highest BCUT2D eigenvalue weighted by Gasteiger charge is 2.03. The summed E-state index contributed by atoms with van der Waals surface area (Å²) < 4.78 is 0. The van der Waals surface area contributed by atoms with Crippen LogP contribution in [0, 0.1) is 6.92 Å². The minimum Gasteiger partial charge on any atom is -0.369 e. The van der Waals surface area contributed by atoms with E-state index in [1.165, 1.54) is 0 Å². The van der Waals surface area contributed by atoms with E-state index in [1.807, 2.05) is 25.1 Å². The quantitative estimate of drug-likeness (QED) is 0.866. The number of rotatable bonds is 5. The molecule has 0 atom stereocenters. The van der Waals surface area contributed by atoms with Crippen LogP contribution in [0.3, 0.4) is 0 Å². The van der Waals surface area contributed by atoms with E-state index in [9.17, 15) is 0 Å². The van der Waals surface area contributed by atoms with Crippen molar-refractivity contribution in [2.45, 2.75) is 20.3 Å². The molecular formula is C14H17ClN4. The third-order valence-corrected chi connectivity index (χ3v) is 2.89. The van der Waals surface area contributed by atoms with E-state index in [2.05, 4.69) is 27.5 Å². The van der Waals surface area contributed by atoms with Gasteiger partial charge in [-0.2, -0.15) is 0 Å². The summed E-state index contributed by atoms with van der Waals surface area (Å²) in [4.78, 5) is 8.58. The summed E-state index contributed by atoms with van der Waals surface area (Å²) in [6, 6.07) is 5.85. The summed E-state index contributed by atoms with van der Waals surface area (Å²) in [5, 5.41) is 7.04. The molecule has 0 aliphatic heterocycles. The number of hydrogen-bond donors (Lipinski definition) is 2. The zero-order valence-corrected chi connectivity index (χ0v) is 11.8. The molecule has 1 aromatic heterocycles. The van der Waals surface area contributed by atoms with Crippen molar-refractivity contribution >= 4 is 28.9 Å². The maximum absolute atomic E-state index is 6.18. The van der Waals surface area contributed by atoms with Gasteiger partial charge in [-0.25, -0.2) is 4.98 Å². The Morgan fingerprint density at radius 2 is 2.00 bits per heavy atom. The molecule has 0 unspecified atom stereocenters. The average molecular weight is 277 g/mol. The second kappa shape index (κ2) is 6.38. The Bertz CT molecular complexity index is 557. The SMILES string of the molecule is CCCNc1cncc(Nc2ccc(C)cc2Cl)n1. The van der Waals surface area contributed by atoms with Gasteiger partial charge in [0, 0.05) is 6.54 Å². The maximum Gasteiger partial charge on any atom is 0.151 e. The summed E-state index contributed by atoms with van der Waals surface area (Å²) in [6.45, 7) is 4.99. The number of anilines is 3. The van der Waals surface area contributed by atoms with Crippen LogP contribution in [-0.2, 0) is 0 Å². The van der Waals surface area contributed by atoms with E-state index in [0.29, 0.717) is 10.8 Å². The van der Waals surface area contributed by atoms with Crippen LogP contribution in [0.25, 0.3) is 0 Å². The third-order valence-electron chi connectivity index (χ3n) is 2.58. The van der Waals surface area contributed by atoms with Gasteiger partial charge in [-0.15, -0.1) is 0 Å². The Hall–Kier alpha value is -1.81. The van der Waals surface area contributed by atoms with E-state index in [4.69, 9.17) is 11.6 Å². The smallest absolute Gasteiger partial charge is 0.151 e. The number of aromatic nitrogens is 2. The molecule has 0 saturated heterocycles. The fourth-order valence-electron chi connectivity index (χ4n) is 1.62. The normalized spacial score (nSPS) is 10.3. The van der Waals surface area contributed by atoms with Gasteiger partial charge in [-0.1, -0.05) is 24.6 Å². The van der Waals surface area contributed by atoms with Gasteiger partial charge in [0.25, 0.3) is 0 Å². The topological polar surface area (TPSA) is 49.8 Å². The number of hydrogen-bond acceptors (Lipinski definition) is 4. The lowest BCUT2D eigenvalue weighted by Crippen LogP contribution is -2.04. The van der Waals surface area contributed by atoms with E-state index in [0.717, 1.165) is 30.0 Å². The van der Waals surface area contributed by atoms with E-state index >= 15 is 0 Å². The van der Waals surface area contributed by atoms with Gasteiger partial charge in [0.05, 0.1) is 23.1 Å². The fourth-order valence-corrected chi connectivity index (χ4v) is 1.91. The minimum atomic E-state index is 0.673. The lowest BCUT2D eigenvalue weighted by Gasteiger charge is -2.09. The second-order valence-electron chi connectivity index (χ2n) is 4.32. The Labute approximate surface area is 118 Å². The van der Waals surface area contributed by atoms with Crippen LogP contribution in [0.5, 0.6) is 0 Å². The summed E-state index contributed by atoms with van der Waals surface area (Å²) in [5.74, 6) is 1.43. The number of halogens is 1. The molecule has 1 heterocycles. The van der Waals surface area contributed by atoms with Gasteiger partial charge in [-0.3, -0.25) is 4.98 Å². The summed E-state index contributed by atoms with van der Waals surface area (Å²) >= 11 is 6.18. The molecule has 0 aliphatic rings. The first-order chi connectivity index (χ1) is 9.19. The summed E-state index contributed by atoms with van der Waals surface area (Å²) in [6.07, 6.45) is 4.42. The Balaban J connectivity index is 2.14. The molecule has 0 saturated carbocycles. The molecule has 0 aliphatic carbocycles. The number of benzene rings is 1. The summed E-state index contributed by atoms with van der Waals surface area (Å²) in [5.41, 5.74) is 1.95. The molecule has 2 N–H and O–H groups in total. The Morgan fingerprint density at radius 3 is 2.74 bits per heavy atom. The zero-order valence-electron chi connectivity index (χ0n) is 11.1. The lowest BCUT2D eigenvalue weighted by molar-refractivity contribution is 0.965. The van der Waals surface area contributed by atoms with Crippen LogP contribution in [0.4, 0.5) is 17.3 Å². The highest BCUT2D eigenvalue weighted by Crippen LogP contribution is 2.25. The highest BCUT2D eigenvalue weighted by molar-refractivity contribution is 6.33. The first kappa shape index (κ1) is 13.6. The molecule has 5 heteroatoms. The van der Waals surface area contributed by atoms with Crippen LogP contribution in [0.15, 0.2) is 30.6 Å². The molecule has 0 spiro atoms. The van der Waals surface area contributed by atoms with Crippen LogP contribution in [0.1, 0.15) is 18.9 Å². The van der Waals surface area contributed by atoms with Crippen LogP contribution < -0.4 is 10.6 Å². The molecule has 0 fully saturated rings. The van der Waals surface area contributed by atoms with Crippen molar-refractivity contribution in [3.05, 3.63) is 41.2 Å². The van der Waals surface area contributed by atoms with Crippen molar-refractivity contribution < 1.29 is 0 Å². The van der Waals surface area contributed by atoms with Gasteiger partial charge >= 0.3 is 0 Å². The predicted molar refractivity (Wildman–Crippen MR) is 80.3 cm³/mol. The van der Waals surface area contributed by atoms with Gasteiger partial charge < -0.3 is 10.6 Å². The van der Waals surface area contributed by atoms with Crippen molar-refractivity contribution in [1.82, 2.24) is 9.97 Å². The Morgan fingerprint density at radius 1 is 1.21 bits per heavy atom. The number of aryl methyl sites for hydroxylation is 1. The maximum atomic E-state index is 6.18. The second-order valence-corrected chi connectivity index (χ2v) is 4.73. The lowest BCUT2D eigenvalue weighted by atomic mass is 10.2. The van der Waals surface area contributed by atoms with Gasteiger partial charge in [-0.05, 0) is 31.0 Å². The average Bonchev–Trinajstić information content (AvgIpc) is 2.40. The van der Waals surface area contributed by atoms with Crippen molar-refractivity contribution in [3.8, 4) is 0 Å². The predicted octanol–water partition coefficient (Wildman–Crippen LogP) is 4.00. The molecular weight excluding hydrogens is 260 g/mol. The molecule has 2 rings (SSSR count). The van der Waals surface area contributed by atoms with Crippen molar-refractivity contribution in [3.63, 3.8) is 0 Å². The molecule has 0 amide bonds. The minimum absolute atomic E-state index is 0.673. The first-order valence-electron chi connectivity index (χ1n) is 6.28. The number of nitrogens with one attached hydrogen (secondary N) is 2. The fraction of sp³-hybridized carbons (Fsp3) is 0.286. The monoisotopic (exact) mass is 276 g/mol. The van der Waals surface area contributed by atoms with Crippen molar-refractivity contribution in [1.29, 1.82) is 0 Å². The zero-order chi connectivity index (χ0) is 13.7. The van der Waals surface area contributed by atoms with Crippen LogP contribution >= 0.6 is 11.6 Å². The van der Waals surface area contributed by atoms with E-state index in [1.54, 1.807) is 12.4 Å². The van der Waals surface area contributed by atoms with Crippen LogP contribution in [0.2, 0.25) is 5.02 Å². The Kier molecular flexibility index (Phi) is 4.58. The summed E-state index contributed by atoms with van der Waals surface area (Å²) in [7, 11) is 0. The van der Waals surface area contributed by atoms with Crippen molar-refractivity contribution in [2.75, 3.05) is 17.2 Å². The molecule has 0 bridgehead atoms. The van der Waals surface area contributed by atoms with Gasteiger partial charge in [0.15, 0.2) is 5.82 Å². The van der Waals surface area contributed by atoms with E-state index < -0.39 is 0 Å². The molecule has 0 radical (unpaired) electrons. The highest BCUT2D eigenvalue weighted by atomic mass is 35.5. The van der Waals surface area contributed by atoms with Gasteiger partial charge in [0.1, 0.15) is 5.82 Å². The molecule has 100 valence electrons.